The third kappa shape index (κ3) is 4.96. The molecule has 2 heterocycles. The number of carbonyl (C=O) groups is 1. The summed E-state index contributed by atoms with van der Waals surface area (Å²) in [6, 6.07) is 16.7. The van der Waals surface area contributed by atoms with Gasteiger partial charge in [-0.25, -0.2) is 9.07 Å². The molecule has 0 aliphatic rings. The van der Waals surface area contributed by atoms with Crippen LogP contribution in [-0.4, -0.2) is 41.0 Å². The monoisotopic (exact) mass is 438 g/mol. The highest BCUT2D eigenvalue weighted by Crippen LogP contribution is 2.27. The first-order valence-corrected chi connectivity index (χ1v) is 10.3. The molecule has 0 aliphatic carbocycles. The van der Waals surface area contributed by atoms with Crippen LogP contribution in [0, 0.1) is 5.82 Å². The molecule has 0 radical (unpaired) electrons. The van der Waals surface area contributed by atoms with Crippen molar-refractivity contribution >= 4 is 22.9 Å². The molecule has 158 valence electrons. The Labute approximate surface area is 182 Å². The van der Waals surface area contributed by atoms with Gasteiger partial charge in [0.2, 0.25) is 0 Å². The Kier molecular flexibility index (Phi) is 6.34. The van der Waals surface area contributed by atoms with Gasteiger partial charge in [-0.3, -0.25) is 4.79 Å². The second-order valence-corrected chi connectivity index (χ2v) is 7.40. The van der Waals surface area contributed by atoms with Crippen molar-refractivity contribution in [1.82, 2.24) is 14.8 Å². The van der Waals surface area contributed by atoms with Gasteiger partial charge in [0, 0.05) is 18.4 Å². The van der Waals surface area contributed by atoms with Crippen LogP contribution in [-0.2, 0) is 4.74 Å². The van der Waals surface area contributed by atoms with E-state index >= 15 is 0 Å². The quantitative estimate of drug-likeness (QED) is 0.412. The Morgan fingerprint density at radius 2 is 1.87 bits per heavy atom. The van der Waals surface area contributed by atoms with Crippen molar-refractivity contribution in [2.75, 3.05) is 25.6 Å². The van der Waals surface area contributed by atoms with Gasteiger partial charge in [-0.2, -0.15) is 4.98 Å². The molecule has 0 fully saturated rings. The Balaban J connectivity index is 1.55. The van der Waals surface area contributed by atoms with E-state index in [-0.39, 0.29) is 17.7 Å². The predicted molar refractivity (Wildman–Crippen MR) is 116 cm³/mol. The summed E-state index contributed by atoms with van der Waals surface area (Å²) in [7, 11) is 1.60. The van der Waals surface area contributed by atoms with Crippen molar-refractivity contribution in [2.45, 2.75) is 0 Å². The van der Waals surface area contributed by atoms with Crippen molar-refractivity contribution in [1.29, 1.82) is 0 Å². The van der Waals surface area contributed by atoms with Crippen molar-refractivity contribution < 1.29 is 18.7 Å². The molecule has 4 aromatic rings. The minimum Gasteiger partial charge on any atom is -0.460 e. The molecule has 2 aromatic heterocycles. The summed E-state index contributed by atoms with van der Waals surface area (Å²) in [5.74, 6) is -0.0482. The number of rotatable bonds is 8. The normalized spacial score (nSPS) is 10.8. The van der Waals surface area contributed by atoms with Gasteiger partial charge < -0.3 is 14.8 Å². The summed E-state index contributed by atoms with van der Waals surface area (Å²) in [5.41, 5.74) is 1.74. The molecule has 9 heteroatoms. The number of anilines is 1. The Hall–Kier alpha value is -3.56. The van der Waals surface area contributed by atoms with E-state index in [2.05, 4.69) is 15.4 Å². The van der Waals surface area contributed by atoms with Crippen molar-refractivity contribution in [3.8, 4) is 22.4 Å². The van der Waals surface area contributed by atoms with Crippen LogP contribution >= 0.6 is 11.3 Å². The number of hydrogen-bond donors (Lipinski definition) is 1. The number of amides is 1. The number of ether oxygens (including phenoxy) is 2. The van der Waals surface area contributed by atoms with Crippen molar-refractivity contribution in [3.05, 3.63) is 77.4 Å². The number of thiophene rings is 1. The topological polar surface area (TPSA) is 78.3 Å². The maximum absolute atomic E-state index is 13.0. The summed E-state index contributed by atoms with van der Waals surface area (Å²) in [6.45, 7) is 0.782. The summed E-state index contributed by atoms with van der Waals surface area (Å²) < 4.78 is 25.3. The van der Waals surface area contributed by atoms with Gasteiger partial charge in [0.05, 0.1) is 17.2 Å². The molecule has 1 N–H and O–H groups in total. The molecule has 0 aliphatic heterocycles. The second-order valence-electron chi connectivity index (χ2n) is 6.46. The highest BCUT2D eigenvalue weighted by molar-refractivity contribution is 7.13. The maximum Gasteiger partial charge on any atom is 0.336 e. The van der Waals surface area contributed by atoms with Gasteiger partial charge in [0.25, 0.3) is 5.91 Å². The molecular formula is C22H19FN4O3S. The lowest BCUT2D eigenvalue weighted by molar-refractivity contribution is 0.102. The van der Waals surface area contributed by atoms with Crippen LogP contribution in [0.3, 0.4) is 0 Å². The van der Waals surface area contributed by atoms with E-state index in [1.165, 1.54) is 24.3 Å². The van der Waals surface area contributed by atoms with E-state index < -0.39 is 0 Å². The second kappa shape index (κ2) is 9.50. The first-order valence-electron chi connectivity index (χ1n) is 9.44. The van der Waals surface area contributed by atoms with Gasteiger partial charge in [-0.05, 0) is 60.0 Å². The SMILES string of the molecule is COCCOc1nc(-c2cccs2)n(-c2ccc(NC(=O)c3ccc(F)cc3)cc2)n1. The fraction of sp³-hybridized carbons (Fsp3) is 0.136. The largest absolute Gasteiger partial charge is 0.460 e. The van der Waals surface area contributed by atoms with Crippen LogP contribution in [0.2, 0.25) is 0 Å². The molecular weight excluding hydrogens is 419 g/mol. The van der Waals surface area contributed by atoms with E-state index in [9.17, 15) is 9.18 Å². The van der Waals surface area contributed by atoms with E-state index in [4.69, 9.17) is 9.47 Å². The maximum atomic E-state index is 13.0. The van der Waals surface area contributed by atoms with Crippen LogP contribution in [0.1, 0.15) is 10.4 Å². The molecule has 0 saturated heterocycles. The minimum atomic E-state index is -0.388. The van der Waals surface area contributed by atoms with Gasteiger partial charge in [0.15, 0.2) is 5.82 Å². The van der Waals surface area contributed by atoms with E-state index in [0.29, 0.717) is 30.3 Å². The zero-order valence-corrected chi connectivity index (χ0v) is 17.4. The fourth-order valence-electron chi connectivity index (χ4n) is 2.81. The van der Waals surface area contributed by atoms with Gasteiger partial charge in [-0.15, -0.1) is 16.4 Å². The zero-order chi connectivity index (χ0) is 21.6. The number of benzene rings is 2. The van der Waals surface area contributed by atoms with Crippen LogP contribution < -0.4 is 10.1 Å². The number of carbonyl (C=O) groups excluding carboxylic acids is 1. The van der Waals surface area contributed by atoms with Gasteiger partial charge >= 0.3 is 6.01 Å². The summed E-state index contributed by atoms with van der Waals surface area (Å²) in [5, 5.41) is 9.23. The van der Waals surface area contributed by atoms with Gasteiger partial charge in [-0.1, -0.05) is 6.07 Å². The minimum absolute atomic E-state index is 0.258. The molecule has 7 nitrogen and oxygen atoms in total. The average molecular weight is 438 g/mol. The van der Waals surface area contributed by atoms with Crippen molar-refractivity contribution in [3.63, 3.8) is 0 Å². The third-order valence-corrected chi connectivity index (χ3v) is 5.19. The highest BCUT2D eigenvalue weighted by Gasteiger charge is 2.16. The zero-order valence-electron chi connectivity index (χ0n) is 16.6. The lowest BCUT2D eigenvalue weighted by Gasteiger charge is -2.08. The van der Waals surface area contributed by atoms with Crippen molar-refractivity contribution in [2.24, 2.45) is 0 Å². The third-order valence-electron chi connectivity index (χ3n) is 4.32. The van der Waals surface area contributed by atoms with Crippen LogP contribution in [0.25, 0.3) is 16.4 Å². The predicted octanol–water partition coefficient (Wildman–Crippen LogP) is 4.41. The lowest BCUT2D eigenvalue weighted by Crippen LogP contribution is -2.11. The van der Waals surface area contributed by atoms with Crippen LogP contribution in [0.5, 0.6) is 6.01 Å². The molecule has 0 spiro atoms. The average Bonchev–Trinajstić information content (AvgIpc) is 3.45. The number of nitrogens with one attached hydrogen (secondary N) is 1. The molecule has 0 saturated carbocycles. The first-order chi connectivity index (χ1) is 15.1. The molecule has 0 atom stereocenters. The number of aromatic nitrogens is 3. The number of hydrogen-bond acceptors (Lipinski definition) is 6. The number of nitrogens with zero attached hydrogens (tertiary/aromatic N) is 3. The lowest BCUT2D eigenvalue weighted by atomic mass is 10.2. The molecule has 31 heavy (non-hydrogen) atoms. The molecule has 1 amide bonds. The Morgan fingerprint density at radius 1 is 1.10 bits per heavy atom. The molecule has 4 rings (SSSR count). The molecule has 0 unspecified atom stereocenters. The number of methoxy groups -OCH3 is 1. The van der Waals surface area contributed by atoms with Crippen LogP contribution in [0.4, 0.5) is 10.1 Å². The Bertz CT molecular complexity index is 1140. The summed E-state index contributed by atoms with van der Waals surface area (Å²) >= 11 is 1.55. The first kappa shape index (κ1) is 20.7. The van der Waals surface area contributed by atoms with Crippen LogP contribution in [0.15, 0.2) is 66.0 Å². The smallest absolute Gasteiger partial charge is 0.336 e. The number of halogens is 1. The highest BCUT2D eigenvalue weighted by atomic mass is 32.1. The van der Waals surface area contributed by atoms with E-state index in [1.807, 2.05) is 29.6 Å². The van der Waals surface area contributed by atoms with Gasteiger partial charge in [0.1, 0.15) is 12.4 Å². The van der Waals surface area contributed by atoms with E-state index in [1.54, 1.807) is 35.3 Å². The summed E-state index contributed by atoms with van der Waals surface area (Å²) in [6.07, 6.45) is 0. The van der Waals surface area contributed by atoms with E-state index in [0.717, 1.165) is 10.6 Å². The Morgan fingerprint density at radius 3 is 2.55 bits per heavy atom. The molecule has 2 aromatic carbocycles. The summed E-state index contributed by atoms with van der Waals surface area (Å²) in [4.78, 5) is 17.8. The molecule has 0 bridgehead atoms. The fourth-order valence-corrected chi connectivity index (χ4v) is 3.50. The standard InChI is InChI=1S/C22H19FN4O3S/c1-29-12-13-30-22-25-20(19-3-2-14-31-19)27(26-22)18-10-8-17(9-11-18)24-21(28)15-4-6-16(23)7-5-15/h2-11,14H,12-13H2,1H3,(H,24,28).